The molecule has 0 spiro atoms. The van der Waals surface area contributed by atoms with Gasteiger partial charge in [-0.25, -0.2) is 13.1 Å². The van der Waals surface area contributed by atoms with Crippen LogP contribution in [0.25, 0.3) is 21.8 Å². The van der Waals surface area contributed by atoms with E-state index in [1.54, 1.807) is 24.5 Å². The first-order chi connectivity index (χ1) is 17.0. The van der Waals surface area contributed by atoms with Crippen LogP contribution in [0.4, 0.5) is 0 Å². The lowest BCUT2D eigenvalue weighted by Crippen LogP contribution is -2.57. The summed E-state index contributed by atoms with van der Waals surface area (Å²) in [6.45, 7) is 5.93. The number of benzene rings is 2. The van der Waals surface area contributed by atoms with Crippen molar-refractivity contribution in [2.24, 2.45) is 11.8 Å². The highest BCUT2D eigenvalue weighted by molar-refractivity contribution is 7.89. The molecule has 1 N–H and O–H groups in total. The number of hydrogen-bond donors (Lipinski definition) is 1. The number of piperidine rings is 3. The quantitative estimate of drug-likeness (QED) is 0.402. The van der Waals surface area contributed by atoms with E-state index in [0.29, 0.717) is 17.4 Å². The molecule has 1 unspecified atom stereocenters. The molecule has 3 fully saturated rings. The molecule has 0 saturated carbocycles. The van der Waals surface area contributed by atoms with E-state index >= 15 is 0 Å². The third-order valence-corrected chi connectivity index (χ3v) is 9.20. The minimum absolute atomic E-state index is 0.0495. The van der Waals surface area contributed by atoms with Gasteiger partial charge in [0.25, 0.3) is 0 Å². The molecule has 6 nitrogen and oxygen atoms in total. The molecule has 3 aliphatic rings. The van der Waals surface area contributed by atoms with Crippen molar-refractivity contribution in [3.05, 3.63) is 91.3 Å². The number of pyridine rings is 2. The van der Waals surface area contributed by atoms with Crippen LogP contribution in [0.15, 0.2) is 90.6 Å². The molecule has 5 heterocycles. The zero-order chi connectivity index (χ0) is 24.0. The van der Waals surface area contributed by atoms with Crippen molar-refractivity contribution in [3.63, 3.8) is 0 Å². The van der Waals surface area contributed by atoms with E-state index in [1.165, 1.54) is 0 Å². The summed E-state index contributed by atoms with van der Waals surface area (Å²) in [5.41, 5.74) is 2.30. The summed E-state index contributed by atoms with van der Waals surface area (Å²) in [5.74, 6) is 0.968. The molecule has 5 atom stereocenters. The van der Waals surface area contributed by atoms with Gasteiger partial charge in [0.05, 0.1) is 17.1 Å². The van der Waals surface area contributed by atoms with E-state index in [1.807, 2.05) is 48.5 Å². The lowest BCUT2D eigenvalue weighted by Gasteiger charge is -2.51. The number of nitrogens with zero attached hydrogens (tertiary/aromatic N) is 3. The molecule has 4 aromatic rings. The SMILES string of the molecule is C=C[C@H]1CN2CC[C@H]1C[C@@H]2[C@@H](NS(=O)(=O)c1cccc2cccnc12)c1ccnc2ccccc12. The smallest absolute Gasteiger partial charge is 0.243 e. The molecule has 178 valence electrons. The van der Waals surface area contributed by atoms with Crippen LogP contribution in [-0.4, -0.2) is 42.4 Å². The molecule has 0 amide bonds. The Morgan fingerprint density at radius 2 is 1.89 bits per heavy atom. The Morgan fingerprint density at radius 1 is 1.03 bits per heavy atom. The Kier molecular flexibility index (Phi) is 5.63. The molecule has 2 bridgehead atoms. The number of fused-ring (bicyclic) bond motifs is 5. The molecule has 3 aliphatic heterocycles. The lowest BCUT2D eigenvalue weighted by atomic mass is 9.73. The van der Waals surface area contributed by atoms with Gasteiger partial charge in [0.1, 0.15) is 4.90 Å². The number of rotatable bonds is 6. The largest absolute Gasteiger partial charge is 0.298 e. The normalized spacial score (nSPS) is 25.0. The third-order valence-electron chi connectivity index (χ3n) is 7.72. The van der Waals surface area contributed by atoms with E-state index < -0.39 is 16.1 Å². The summed E-state index contributed by atoms with van der Waals surface area (Å²) in [6.07, 6.45) is 7.53. The van der Waals surface area contributed by atoms with Crippen LogP contribution in [0.3, 0.4) is 0 Å². The third kappa shape index (κ3) is 3.93. The van der Waals surface area contributed by atoms with E-state index in [2.05, 4.69) is 32.2 Å². The number of sulfonamides is 1. The van der Waals surface area contributed by atoms with Crippen molar-refractivity contribution in [2.45, 2.75) is 29.8 Å². The summed E-state index contributed by atoms with van der Waals surface area (Å²) in [5, 5.41) is 1.78. The highest BCUT2D eigenvalue weighted by Crippen LogP contribution is 2.42. The fourth-order valence-corrected chi connectivity index (χ4v) is 7.41. The van der Waals surface area contributed by atoms with Crippen molar-refractivity contribution in [2.75, 3.05) is 13.1 Å². The zero-order valence-corrected chi connectivity index (χ0v) is 20.2. The van der Waals surface area contributed by atoms with Crippen LogP contribution in [-0.2, 0) is 10.0 Å². The topological polar surface area (TPSA) is 75.2 Å². The van der Waals surface area contributed by atoms with Gasteiger partial charge >= 0.3 is 0 Å². The average Bonchev–Trinajstić information content (AvgIpc) is 2.91. The predicted molar refractivity (Wildman–Crippen MR) is 138 cm³/mol. The van der Waals surface area contributed by atoms with Gasteiger partial charge in [0.2, 0.25) is 10.0 Å². The summed E-state index contributed by atoms with van der Waals surface area (Å²) >= 11 is 0. The molecule has 0 radical (unpaired) electrons. The molecule has 2 aromatic carbocycles. The van der Waals surface area contributed by atoms with Crippen molar-refractivity contribution in [1.29, 1.82) is 0 Å². The standard InChI is InChI=1S/C28H28N4O2S/c1-2-19-18-32-16-13-21(19)17-25(32)28(23-12-15-29-24-10-4-3-9-22(23)24)31-35(33,34)26-11-5-7-20-8-6-14-30-27(20)26/h2-12,14-15,19,21,25,28,31H,1,13,16-18H2/t19-,21-,25+,28-/m0/s1. The Morgan fingerprint density at radius 3 is 2.71 bits per heavy atom. The van der Waals surface area contributed by atoms with Gasteiger partial charge in [-0.3, -0.25) is 14.9 Å². The lowest BCUT2D eigenvalue weighted by molar-refractivity contribution is 0.00490. The maximum Gasteiger partial charge on any atom is 0.243 e. The van der Waals surface area contributed by atoms with E-state index in [0.717, 1.165) is 47.8 Å². The van der Waals surface area contributed by atoms with E-state index in [4.69, 9.17) is 0 Å². The molecule has 35 heavy (non-hydrogen) atoms. The van der Waals surface area contributed by atoms with Crippen LogP contribution < -0.4 is 4.72 Å². The van der Waals surface area contributed by atoms with Crippen LogP contribution >= 0.6 is 0 Å². The summed E-state index contributed by atoms with van der Waals surface area (Å²) < 4.78 is 31.0. The highest BCUT2D eigenvalue weighted by atomic mass is 32.2. The Bertz CT molecular complexity index is 1510. The van der Waals surface area contributed by atoms with E-state index in [-0.39, 0.29) is 10.9 Å². The van der Waals surface area contributed by atoms with Crippen molar-refractivity contribution >= 4 is 31.8 Å². The number of nitrogens with one attached hydrogen (secondary N) is 1. The molecule has 7 rings (SSSR count). The molecule has 0 aliphatic carbocycles. The second-order valence-electron chi connectivity index (χ2n) is 9.59. The first-order valence-corrected chi connectivity index (χ1v) is 13.6. The van der Waals surface area contributed by atoms with Gasteiger partial charge in [-0.2, -0.15) is 0 Å². The van der Waals surface area contributed by atoms with Gasteiger partial charge in [-0.15, -0.1) is 6.58 Å². The minimum Gasteiger partial charge on any atom is -0.298 e. The van der Waals surface area contributed by atoms with Gasteiger partial charge < -0.3 is 0 Å². The Labute approximate surface area is 205 Å². The number of para-hydroxylation sites is 2. The average molecular weight is 485 g/mol. The second-order valence-corrected chi connectivity index (χ2v) is 11.3. The number of hydrogen-bond acceptors (Lipinski definition) is 5. The van der Waals surface area contributed by atoms with E-state index in [9.17, 15) is 8.42 Å². The summed E-state index contributed by atoms with van der Waals surface area (Å²) in [7, 11) is -3.87. The van der Waals surface area contributed by atoms with Crippen molar-refractivity contribution in [3.8, 4) is 0 Å². The maximum absolute atomic E-state index is 13.9. The highest BCUT2D eigenvalue weighted by Gasteiger charge is 2.44. The van der Waals surface area contributed by atoms with Crippen LogP contribution in [0.5, 0.6) is 0 Å². The van der Waals surface area contributed by atoms with Crippen molar-refractivity contribution < 1.29 is 8.42 Å². The molecule has 3 saturated heterocycles. The van der Waals surface area contributed by atoms with Gasteiger partial charge in [-0.05, 0) is 61.1 Å². The fourth-order valence-electron chi connectivity index (χ4n) is 5.99. The Balaban J connectivity index is 1.47. The van der Waals surface area contributed by atoms with Crippen LogP contribution in [0.2, 0.25) is 0 Å². The second kappa shape index (κ2) is 8.82. The monoisotopic (exact) mass is 484 g/mol. The fraction of sp³-hybridized carbons (Fsp3) is 0.286. The molecular formula is C28H28N4O2S. The summed E-state index contributed by atoms with van der Waals surface area (Å²) in [4.78, 5) is 11.6. The predicted octanol–water partition coefficient (Wildman–Crippen LogP) is 4.70. The zero-order valence-electron chi connectivity index (χ0n) is 19.4. The van der Waals surface area contributed by atoms with Gasteiger partial charge in [0.15, 0.2) is 0 Å². The molecule has 7 heteroatoms. The number of aromatic nitrogens is 2. The molecular weight excluding hydrogens is 456 g/mol. The summed E-state index contributed by atoms with van der Waals surface area (Å²) in [6, 6.07) is 18.5. The first-order valence-electron chi connectivity index (χ1n) is 12.1. The van der Waals surface area contributed by atoms with Gasteiger partial charge in [-0.1, -0.05) is 42.5 Å². The maximum atomic E-state index is 13.9. The first kappa shape index (κ1) is 22.3. The van der Waals surface area contributed by atoms with Gasteiger partial charge in [0, 0.05) is 35.8 Å². The Hall–Kier alpha value is -3.13. The van der Waals surface area contributed by atoms with Crippen LogP contribution in [0, 0.1) is 11.8 Å². The van der Waals surface area contributed by atoms with Crippen molar-refractivity contribution in [1.82, 2.24) is 19.6 Å². The van der Waals surface area contributed by atoms with Crippen LogP contribution in [0.1, 0.15) is 24.4 Å². The molecule has 2 aromatic heterocycles. The minimum atomic E-state index is -3.87.